The van der Waals surface area contributed by atoms with Crippen molar-refractivity contribution in [2.75, 3.05) is 11.9 Å². The maximum absolute atomic E-state index is 13.1. The number of ether oxygens (including phenoxy) is 1. The van der Waals surface area contributed by atoms with E-state index in [9.17, 15) is 9.00 Å². The van der Waals surface area contributed by atoms with Gasteiger partial charge in [0.2, 0.25) is 5.88 Å². The van der Waals surface area contributed by atoms with Crippen LogP contribution in [0.4, 0.5) is 10.5 Å². The molecule has 29 heavy (non-hydrogen) atoms. The van der Waals surface area contributed by atoms with Crippen LogP contribution in [-0.4, -0.2) is 26.6 Å². The van der Waals surface area contributed by atoms with Gasteiger partial charge in [-0.3, -0.25) is 0 Å². The topological polar surface area (TPSA) is 112 Å². The number of nitrogens with one attached hydrogen (secondary N) is 1. The zero-order valence-corrected chi connectivity index (χ0v) is 17.6. The Kier molecular flexibility index (Phi) is 3.89. The molecule has 0 unspecified atom stereocenters. The monoisotopic (exact) mass is 415 g/mol. The summed E-state index contributed by atoms with van der Waals surface area (Å²) in [6.07, 6.45) is 5.44. The van der Waals surface area contributed by atoms with Crippen molar-refractivity contribution in [2.24, 2.45) is 9.50 Å². The predicted molar refractivity (Wildman–Crippen MR) is 110 cm³/mol. The minimum absolute atomic E-state index is 0.151. The van der Waals surface area contributed by atoms with Crippen molar-refractivity contribution >= 4 is 21.6 Å². The lowest BCUT2D eigenvalue weighted by atomic mass is 9.75. The predicted octanol–water partition coefficient (Wildman–Crippen LogP) is 3.09. The number of aromatic nitrogens is 2. The van der Waals surface area contributed by atoms with E-state index < -0.39 is 15.9 Å². The van der Waals surface area contributed by atoms with Gasteiger partial charge in [-0.2, -0.15) is 5.10 Å². The number of nitrogens with zero attached hydrogens (tertiary/aromatic N) is 3. The van der Waals surface area contributed by atoms with E-state index in [2.05, 4.69) is 27.8 Å². The van der Waals surface area contributed by atoms with Crippen molar-refractivity contribution in [3.8, 4) is 5.88 Å². The van der Waals surface area contributed by atoms with Gasteiger partial charge in [0.05, 0.1) is 11.7 Å². The molecule has 3 aliphatic rings. The van der Waals surface area contributed by atoms with Crippen LogP contribution in [0.25, 0.3) is 0 Å². The Morgan fingerprint density at radius 3 is 2.97 bits per heavy atom. The van der Waals surface area contributed by atoms with Gasteiger partial charge in [-0.1, -0.05) is 13.0 Å². The highest BCUT2D eigenvalue weighted by atomic mass is 32.2. The average Bonchev–Trinajstić information content (AvgIpc) is 3.30. The van der Waals surface area contributed by atoms with Crippen molar-refractivity contribution in [3.05, 3.63) is 34.5 Å². The Bertz CT molecular complexity index is 1170. The fourth-order valence-corrected chi connectivity index (χ4v) is 5.68. The third-order valence-corrected chi connectivity index (χ3v) is 7.49. The SMILES string of the molecule is C[C@@H]1Cc2cc3c(c(NC(=O)N=[S@@](N)(=O)c4cnn5c4OCC5(C)C)c21)CCC3. The molecule has 2 atom stereocenters. The number of amides is 2. The molecule has 2 heterocycles. The van der Waals surface area contributed by atoms with Crippen LogP contribution in [0.3, 0.4) is 0 Å². The van der Waals surface area contributed by atoms with E-state index in [1.54, 1.807) is 4.68 Å². The lowest BCUT2D eigenvalue weighted by Crippen LogP contribution is -2.26. The van der Waals surface area contributed by atoms with E-state index in [1.807, 2.05) is 13.8 Å². The van der Waals surface area contributed by atoms with Crippen molar-refractivity contribution < 1.29 is 13.7 Å². The second kappa shape index (κ2) is 6.06. The van der Waals surface area contributed by atoms with Crippen LogP contribution in [0, 0.1) is 0 Å². The highest BCUT2D eigenvalue weighted by Gasteiger charge is 2.37. The molecule has 3 N–H and O–H groups in total. The number of rotatable bonds is 2. The zero-order valence-electron chi connectivity index (χ0n) is 16.8. The van der Waals surface area contributed by atoms with Gasteiger partial charge < -0.3 is 10.1 Å². The summed E-state index contributed by atoms with van der Waals surface area (Å²) in [5, 5.41) is 13.1. The van der Waals surface area contributed by atoms with Gasteiger partial charge in [-0.15, -0.1) is 4.36 Å². The summed E-state index contributed by atoms with van der Waals surface area (Å²) >= 11 is 0. The molecule has 1 aromatic heterocycles. The van der Waals surface area contributed by atoms with E-state index in [-0.39, 0.29) is 10.4 Å². The third kappa shape index (κ3) is 2.78. The van der Waals surface area contributed by atoms with Crippen molar-refractivity contribution in [1.82, 2.24) is 9.78 Å². The van der Waals surface area contributed by atoms with E-state index in [1.165, 1.54) is 28.5 Å². The lowest BCUT2D eigenvalue weighted by Gasteiger charge is -2.31. The Morgan fingerprint density at radius 1 is 1.41 bits per heavy atom. The maximum atomic E-state index is 13.1. The quantitative estimate of drug-likeness (QED) is 0.785. The number of carbonyl (C=O) groups excluding carboxylic acids is 1. The van der Waals surface area contributed by atoms with E-state index in [0.717, 1.165) is 31.4 Å². The van der Waals surface area contributed by atoms with E-state index >= 15 is 0 Å². The first-order chi connectivity index (χ1) is 13.7. The standard InChI is InChI=1S/C20H25N5O3S/c1-11-7-13-8-12-5-4-6-14(12)17(16(11)13)23-19(26)24-29(21,27)15-9-22-25-18(15)28-10-20(25,2)3/h8-9,11H,4-7,10H2,1-3H3,(H3,21,23,24,26,27)/t11-,29-/m1/s1. The van der Waals surface area contributed by atoms with E-state index in [0.29, 0.717) is 18.4 Å². The fourth-order valence-electron chi connectivity index (χ4n) is 4.69. The summed E-state index contributed by atoms with van der Waals surface area (Å²) < 4.78 is 24.2. The summed E-state index contributed by atoms with van der Waals surface area (Å²) in [6, 6.07) is 1.57. The molecule has 0 bridgehead atoms. The molecular weight excluding hydrogens is 390 g/mol. The number of aryl methyl sites for hydroxylation is 1. The molecule has 1 aromatic carbocycles. The molecule has 1 aliphatic heterocycles. The smallest absolute Gasteiger partial charge is 0.354 e. The molecule has 2 aromatic rings. The number of hydrogen-bond donors (Lipinski definition) is 2. The van der Waals surface area contributed by atoms with Crippen molar-refractivity contribution in [3.63, 3.8) is 0 Å². The van der Waals surface area contributed by atoms with Gasteiger partial charge in [0, 0.05) is 5.69 Å². The molecule has 154 valence electrons. The number of nitrogens with two attached hydrogens (primary N) is 1. The van der Waals surface area contributed by atoms with Gasteiger partial charge in [-0.05, 0) is 67.7 Å². The molecule has 9 heteroatoms. The summed E-state index contributed by atoms with van der Waals surface area (Å²) in [5.41, 5.74) is 5.41. The first-order valence-electron chi connectivity index (χ1n) is 9.92. The minimum Gasteiger partial charge on any atom is -0.474 e. The number of fused-ring (bicyclic) bond motifs is 3. The van der Waals surface area contributed by atoms with Crippen LogP contribution in [0.15, 0.2) is 21.5 Å². The summed E-state index contributed by atoms with van der Waals surface area (Å²) in [6.45, 7) is 6.46. The van der Waals surface area contributed by atoms with Crippen LogP contribution in [0.2, 0.25) is 0 Å². The Morgan fingerprint density at radius 2 is 2.21 bits per heavy atom. The van der Waals surface area contributed by atoms with E-state index in [4.69, 9.17) is 9.88 Å². The average molecular weight is 416 g/mol. The van der Waals surface area contributed by atoms with Gasteiger partial charge in [0.15, 0.2) is 9.92 Å². The minimum atomic E-state index is -3.49. The van der Waals surface area contributed by atoms with Crippen molar-refractivity contribution in [1.29, 1.82) is 0 Å². The summed E-state index contributed by atoms with van der Waals surface area (Å²) in [7, 11) is -3.49. The second-order valence-corrected chi connectivity index (χ2v) is 10.6. The first kappa shape index (κ1) is 18.6. The summed E-state index contributed by atoms with van der Waals surface area (Å²) in [5.74, 6) is 0.709. The van der Waals surface area contributed by atoms with Crippen LogP contribution in [0.5, 0.6) is 5.88 Å². The molecule has 5 rings (SSSR count). The largest absolute Gasteiger partial charge is 0.474 e. The molecule has 8 nitrogen and oxygen atoms in total. The van der Waals surface area contributed by atoms with Crippen molar-refractivity contribution in [2.45, 2.75) is 62.8 Å². The second-order valence-electron chi connectivity index (χ2n) is 8.84. The first-order valence-corrected chi connectivity index (χ1v) is 11.5. The number of urea groups is 1. The molecule has 0 spiro atoms. The highest BCUT2D eigenvalue weighted by Crippen LogP contribution is 2.45. The number of benzene rings is 1. The third-order valence-electron chi connectivity index (χ3n) is 6.14. The number of anilines is 1. The molecule has 0 fully saturated rings. The molecule has 0 saturated heterocycles. The molecule has 2 amide bonds. The number of hydrogen-bond acceptors (Lipinski definition) is 4. The van der Waals surface area contributed by atoms with Gasteiger partial charge in [-0.25, -0.2) is 18.8 Å². The zero-order chi connectivity index (χ0) is 20.6. The normalized spacial score (nSPS) is 22.6. The molecule has 0 radical (unpaired) electrons. The van der Waals surface area contributed by atoms with Gasteiger partial charge in [0.25, 0.3) is 0 Å². The number of carbonyl (C=O) groups is 1. The van der Waals surface area contributed by atoms with Crippen LogP contribution in [0.1, 0.15) is 55.4 Å². The molecular formula is C20H25N5O3S. The Balaban J connectivity index is 1.49. The Labute approximate surface area is 170 Å². The maximum Gasteiger partial charge on any atom is 0.354 e. The van der Waals surface area contributed by atoms with Crippen LogP contribution < -0.4 is 15.2 Å². The van der Waals surface area contributed by atoms with Crippen LogP contribution >= 0.6 is 0 Å². The molecule has 0 saturated carbocycles. The van der Waals surface area contributed by atoms with Gasteiger partial charge in [0.1, 0.15) is 11.5 Å². The highest BCUT2D eigenvalue weighted by molar-refractivity contribution is 7.91. The molecule has 2 aliphatic carbocycles. The lowest BCUT2D eigenvalue weighted by molar-refractivity contribution is 0.259. The fraction of sp³-hybridized carbons (Fsp3) is 0.500. The summed E-state index contributed by atoms with van der Waals surface area (Å²) in [4.78, 5) is 12.9. The Hall–Kier alpha value is -2.39. The van der Waals surface area contributed by atoms with Gasteiger partial charge >= 0.3 is 6.03 Å². The van der Waals surface area contributed by atoms with Crippen LogP contribution in [-0.2, 0) is 34.7 Å².